The number of aromatic nitrogens is 3. The summed E-state index contributed by atoms with van der Waals surface area (Å²) in [6.45, 7) is -0.537. The number of nitrogens with one attached hydrogen (secondary N) is 1. The number of nitrogens with zero attached hydrogens (tertiary/aromatic N) is 3. The lowest BCUT2D eigenvalue weighted by molar-refractivity contribution is -0.205. The third-order valence-electron chi connectivity index (χ3n) is 3.42. The number of hydrogen-bond donors (Lipinski definition) is 4. The number of ether oxygens (including phenoxy) is 1. The highest BCUT2D eigenvalue weighted by Gasteiger charge is 2.44. The van der Waals surface area contributed by atoms with Gasteiger partial charge in [-0.05, 0) is 0 Å². The monoisotopic (exact) mass is 342 g/mol. The zero-order valence-electron chi connectivity index (χ0n) is 11.6. The zero-order valence-corrected chi connectivity index (χ0v) is 12.5. The molecule has 3 rings (SSSR count). The molecule has 124 valence electrons. The number of aliphatic hydroxyl groups is 3. The quantitative estimate of drug-likeness (QED) is 0.503. The van der Waals surface area contributed by atoms with Gasteiger partial charge in [0.25, 0.3) is 5.56 Å². The Balaban J connectivity index is 2.03. The number of anilines is 1. The second-order valence-corrected chi connectivity index (χ2v) is 5.69. The van der Waals surface area contributed by atoms with E-state index in [4.69, 9.17) is 4.74 Å². The van der Waals surface area contributed by atoms with Gasteiger partial charge in [-0.2, -0.15) is 0 Å². The molecule has 2 aromatic heterocycles. The minimum absolute atomic E-state index is 0.300. The lowest BCUT2D eigenvalue weighted by Crippen LogP contribution is -2.61. The van der Waals surface area contributed by atoms with Crippen LogP contribution in [-0.4, -0.2) is 55.0 Å². The molecule has 23 heavy (non-hydrogen) atoms. The largest absolute Gasteiger partial charge is 0.393 e. The predicted octanol–water partition coefficient (Wildman–Crippen LogP) is -1.97. The van der Waals surface area contributed by atoms with E-state index in [2.05, 4.69) is 9.97 Å². The zero-order chi connectivity index (χ0) is 16.6. The van der Waals surface area contributed by atoms with Gasteiger partial charge in [0, 0.05) is 23.8 Å². The van der Waals surface area contributed by atoms with Crippen LogP contribution in [0.5, 0.6) is 0 Å². The maximum Gasteiger partial charge on any atom is 0.330 e. The van der Waals surface area contributed by atoms with Crippen LogP contribution in [0.4, 0.5) is 5.13 Å². The van der Waals surface area contributed by atoms with Gasteiger partial charge in [-0.1, -0.05) is 0 Å². The fourth-order valence-corrected chi connectivity index (χ4v) is 3.04. The maximum atomic E-state index is 11.9. The van der Waals surface area contributed by atoms with E-state index in [9.17, 15) is 24.9 Å². The first-order chi connectivity index (χ1) is 11.0. The van der Waals surface area contributed by atoms with Crippen LogP contribution in [-0.2, 0) is 4.74 Å². The first-order valence-electron chi connectivity index (χ1n) is 6.64. The molecule has 0 amide bonds. The van der Waals surface area contributed by atoms with Gasteiger partial charge in [-0.3, -0.25) is 19.2 Å². The molecule has 4 atom stereocenters. The fraction of sp³-hybridized carbons (Fsp3) is 0.417. The smallest absolute Gasteiger partial charge is 0.330 e. The SMILES string of the molecule is O=c1ccn([C@@H]2O[C@H](CO)C(O)N(c3nccs3)C2O)c(=O)[nH]1. The summed E-state index contributed by atoms with van der Waals surface area (Å²) >= 11 is 1.17. The Morgan fingerprint density at radius 1 is 1.35 bits per heavy atom. The fourth-order valence-electron chi connectivity index (χ4n) is 2.34. The van der Waals surface area contributed by atoms with Gasteiger partial charge < -0.3 is 20.1 Å². The van der Waals surface area contributed by atoms with Crippen molar-refractivity contribution in [3.05, 3.63) is 44.7 Å². The van der Waals surface area contributed by atoms with Crippen LogP contribution >= 0.6 is 11.3 Å². The molecule has 0 saturated carbocycles. The molecule has 0 aliphatic carbocycles. The molecule has 2 aromatic rings. The van der Waals surface area contributed by atoms with Crippen molar-refractivity contribution in [2.75, 3.05) is 11.5 Å². The van der Waals surface area contributed by atoms with Crippen LogP contribution in [0.1, 0.15) is 6.23 Å². The Labute approximate surface area is 132 Å². The van der Waals surface area contributed by atoms with Crippen molar-refractivity contribution >= 4 is 16.5 Å². The Morgan fingerprint density at radius 3 is 2.74 bits per heavy atom. The average molecular weight is 342 g/mol. The van der Waals surface area contributed by atoms with Crippen molar-refractivity contribution in [2.45, 2.75) is 24.8 Å². The summed E-state index contributed by atoms with van der Waals surface area (Å²) in [5.41, 5.74) is -1.37. The first-order valence-corrected chi connectivity index (χ1v) is 7.52. The highest BCUT2D eigenvalue weighted by atomic mass is 32.1. The van der Waals surface area contributed by atoms with E-state index in [1.54, 1.807) is 5.38 Å². The van der Waals surface area contributed by atoms with Crippen molar-refractivity contribution in [3.63, 3.8) is 0 Å². The second kappa shape index (κ2) is 6.22. The summed E-state index contributed by atoms with van der Waals surface area (Å²) in [6.07, 6.45) is -2.47. The third-order valence-corrected chi connectivity index (χ3v) is 4.20. The van der Waals surface area contributed by atoms with Crippen LogP contribution in [0.15, 0.2) is 33.4 Å². The molecule has 11 heteroatoms. The maximum absolute atomic E-state index is 11.9. The molecule has 1 fully saturated rings. The number of hydrogen-bond acceptors (Lipinski definition) is 9. The summed E-state index contributed by atoms with van der Waals surface area (Å²) in [5.74, 6) is 0. The van der Waals surface area contributed by atoms with Gasteiger partial charge in [-0.25, -0.2) is 9.78 Å². The Hall–Kier alpha value is -2.05. The van der Waals surface area contributed by atoms with E-state index in [0.29, 0.717) is 5.13 Å². The van der Waals surface area contributed by atoms with Crippen LogP contribution < -0.4 is 16.1 Å². The van der Waals surface area contributed by atoms with Gasteiger partial charge in [0.15, 0.2) is 23.8 Å². The van der Waals surface area contributed by atoms with Gasteiger partial charge in [-0.15, -0.1) is 11.3 Å². The number of H-pyrrole nitrogens is 1. The van der Waals surface area contributed by atoms with Gasteiger partial charge in [0.05, 0.1) is 6.61 Å². The highest BCUT2D eigenvalue weighted by Crippen LogP contribution is 2.32. The number of aliphatic hydroxyl groups excluding tert-OH is 3. The molecule has 0 radical (unpaired) electrons. The molecule has 1 aliphatic rings. The molecule has 0 aromatic carbocycles. The van der Waals surface area contributed by atoms with Crippen LogP contribution in [0.25, 0.3) is 0 Å². The van der Waals surface area contributed by atoms with E-state index < -0.39 is 42.6 Å². The third kappa shape index (κ3) is 2.80. The molecular weight excluding hydrogens is 328 g/mol. The molecule has 3 heterocycles. The Bertz CT molecular complexity index is 774. The lowest BCUT2D eigenvalue weighted by Gasteiger charge is -2.44. The highest BCUT2D eigenvalue weighted by molar-refractivity contribution is 7.13. The molecule has 1 aliphatic heterocycles. The molecule has 0 bridgehead atoms. The van der Waals surface area contributed by atoms with E-state index in [-0.39, 0.29) is 0 Å². The molecule has 0 spiro atoms. The van der Waals surface area contributed by atoms with E-state index in [0.717, 1.165) is 15.5 Å². The molecule has 10 nitrogen and oxygen atoms in total. The molecule has 1 saturated heterocycles. The van der Waals surface area contributed by atoms with Gasteiger partial charge >= 0.3 is 5.69 Å². The summed E-state index contributed by atoms with van der Waals surface area (Å²) in [7, 11) is 0. The Morgan fingerprint density at radius 2 is 2.13 bits per heavy atom. The van der Waals surface area contributed by atoms with Gasteiger partial charge in [0.2, 0.25) is 0 Å². The van der Waals surface area contributed by atoms with Crippen molar-refractivity contribution < 1.29 is 20.1 Å². The van der Waals surface area contributed by atoms with E-state index in [1.807, 2.05) is 0 Å². The topological polar surface area (TPSA) is 141 Å². The van der Waals surface area contributed by atoms with Crippen LogP contribution in [0, 0.1) is 0 Å². The second-order valence-electron chi connectivity index (χ2n) is 4.81. The lowest BCUT2D eigenvalue weighted by atomic mass is 10.2. The number of rotatable bonds is 3. The van der Waals surface area contributed by atoms with Crippen molar-refractivity contribution in [1.29, 1.82) is 0 Å². The summed E-state index contributed by atoms with van der Waals surface area (Å²) in [4.78, 5) is 30.3. The Kier molecular flexibility index (Phi) is 4.28. The summed E-state index contributed by atoms with van der Waals surface area (Å²) in [6, 6.07) is 1.10. The van der Waals surface area contributed by atoms with Crippen molar-refractivity contribution in [1.82, 2.24) is 14.5 Å². The number of morpholine rings is 1. The van der Waals surface area contributed by atoms with E-state index in [1.165, 1.54) is 23.7 Å². The predicted molar refractivity (Wildman–Crippen MR) is 78.9 cm³/mol. The van der Waals surface area contributed by atoms with Crippen LogP contribution in [0.3, 0.4) is 0 Å². The average Bonchev–Trinajstić information content (AvgIpc) is 3.03. The van der Waals surface area contributed by atoms with E-state index >= 15 is 0 Å². The number of thiazole rings is 1. The summed E-state index contributed by atoms with van der Waals surface area (Å²) < 4.78 is 6.39. The van der Waals surface area contributed by atoms with Crippen molar-refractivity contribution in [2.24, 2.45) is 0 Å². The van der Waals surface area contributed by atoms with Crippen molar-refractivity contribution in [3.8, 4) is 0 Å². The number of aromatic amines is 1. The minimum atomic E-state index is -1.46. The standard InChI is InChI=1S/C12H14N4O6S/c17-5-6-8(19)16(12-13-2-4-23-12)9(20)10(22-6)15-3-1-7(18)14-11(15)21/h1-4,6,8-10,17,19-20H,5H2,(H,14,18,21)/t6-,8?,9?,10-/m1/s1. The molecule has 2 unspecified atom stereocenters. The van der Waals surface area contributed by atoms with Gasteiger partial charge in [0.1, 0.15) is 6.10 Å². The first kappa shape index (κ1) is 15.8. The molecule has 4 N–H and O–H groups in total. The summed E-state index contributed by atoms with van der Waals surface area (Å²) in [5, 5.41) is 32.1. The minimum Gasteiger partial charge on any atom is -0.393 e. The van der Waals surface area contributed by atoms with Crippen LogP contribution in [0.2, 0.25) is 0 Å². The normalized spacial score (nSPS) is 28.0. The molecular formula is C12H14N4O6S.